The Balaban J connectivity index is 1.08. The van der Waals surface area contributed by atoms with E-state index < -0.39 is 0 Å². The number of carbonyl (C=O) groups excluding carboxylic acids is 1. The maximum atomic E-state index is 13.1. The Morgan fingerprint density at radius 1 is 0.868 bits per heavy atom. The first kappa shape index (κ1) is 22.5. The highest BCUT2D eigenvalue weighted by molar-refractivity contribution is 6.03. The summed E-state index contributed by atoms with van der Waals surface area (Å²) in [5, 5.41) is 11.6. The zero-order valence-electron chi connectivity index (χ0n) is 20.7. The molecule has 7 heteroatoms. The van der Waals surface area contributed by atoms with E-state index in [4.69, 9.17) is 0 Å². The van der Waals surface area contributed by atoms with E-state index in [0.717, 1.165) is 34.6 Å². The van der Waals surface area contributed by atoms with Crippen molar-refractivity contribution < 1.29 is 4.79 Å². The Morgan fingerprint density at radius 3 is 2.58 bits per heavy atom. The van der Waals surface area contributed by atoms with Gasteiger partial charge in [0.25, 0.3) is 5.91 Å². The second-order valence-electron chi connectivity index (χ2n) is 10.1. The molecule has 2 atom stereocenters. The number of aromatic nitrogens is 5. The van der Waals surface area contributed by atoms with Gasteiger partial charge in [-0.25, -0.2) is 0 Å². The van der Waals surface area contributed by atoms with Crippen molar-refractivity contribution in [3.63, 3.8) is 0 Å². The lowest BCUT2D eigenvalue weighted by molar-refractivity contribution is 0.102. The molecule has 38 heavy (non-hydrogen) atoms. The van der Waals surface area contributed by atoms with Crippen LogP contribution in [0.1, 0.15) is 58.9 Å². The van der Waals surface area contributed by atoms with Crippen LogP contribution in [-0.4, -0.2) is 30.6 Å². The summed E-state index contributed by atoms with van der Waals surface area (Å²) in [7, 11) is 0. The van der Waals surface area contributed by atoms with Gasteiger partial charge in [-0.05, 0) is 60.7 Å². The van der Waals surface area contributed by atoms with Crippen LogP contribution in [-0.2, 0) is 0 Å². The average Bonchev–Trinajstić information content (AvgIpc) is 3.91. The maximum Gasteiger partial charge on any atom is 0.274 e. The number of nitrogens with one attached hydrogen (secondary N) is 1. The molecule has 1 amide bonds. The van der Waals surface area contributed by atoms with Gasteiger partial charge >= 0.3 is 0 Å². The average molecular weight is 499 g/mol. The molecule has 0 bridgehead atoms. The molecular weight excluding hydrogens is 472 g/mol. The molecule has 3 aromatic heterocycles. The fourth-order valence-electron chi connectivity index (χ4n) is 5.10. The van der Waals surface area contributed by atoms with Crippen LogP contribution in [0.15, 0.2) is 97.6 Å². The summed E-state index contributed by atoms with van der Waals surface area (Å²) in [5.74, 6) is 1.61. The van der Waals surface area contributed by atoms with Crippen molar-refractivity contribution in [1.29, 1.82) is 0 Å². The van der Waals surface area contributed by atoms with E-state index in [1.54, 1.807) is 18.6 Å². The van der Waals surface area contributed by atoms with Gasteiger partial charge in [-0.1, -0.05) is 48.5 Å². The lowest BCUT2D eigenvalue weighted by Crippen LogP contribution is -2.13. The number of anilines is 1. The summed E-state index contributed by atoms with van der Waals surface area (Å²) in [6.45, 7) is 0. The van der Waals surface area contributed by atoms with E-state index >= 15 is 0 Å². The summed E-state index contributed by atoms with van der Waals surface area (Å²) in [5.41, 5.74) is 6.31. The summed E-state index contributed by atoms with van der Waals surface area (Å²) >= 11 is 0. The van der Waals surface area contributed by atoms with Crippen molar-refractivity contribution in [3.8, 4) is 22.5 Å². The van der Waals surface area contributed by atoms with Crippen LogP contribution in [0.25, 0.3) is 22.5 Å². The van der Waals surface area contributed by atoms with E-state index in [2.05, 4.69) is 66.4 Å². The molecule has 2 aliphatic rings. The quantitative estimate of drug-likeness (QED) is 0.286. The number of pyridine rings is 2. The molecule has 2 aliphatic carbocycles. The Kier molecular flexibility index (Phi) is 5.54. The van der Waals surface area contributed by atoms with E-state index in [-0.39, 0.29) is 5.91 Å². The van der Waals surface area contributed by atoms with Crippen LogP contribution in [0, 0.1) is 0 Å². The third-order valence-electron chi connectivity index (χ3n) is 7.40. The Labute approximate surface area is 220 Å². The summed E-state index contributed by atoms with van der Waals surface area (Å²) in [6, 6.07) is 26.5. The number of amides is 1. The van der Waals surface area contributed by atoms with Crippen molar-refractivity contribution in [2.45, 2.75) is 37.1 Å². The molecule has 0 aliphatic heterocycles. The maximum absolute atomic E-state index is 13.1. The molecule has 186 valence electrons. The number of nitrogens with zero attached hydrogens (tertiary/aromatic N) is 5. The molecule has 0 saturated heterocycles. The molecule has 0 radical (unpaired) electrons. The summed E-state index contributed by atoms with van der Waals surface area (Å²) < 4.78 is 2.15. The zero-order chi connectivity index (χ0) is 25.5. The Hall–Kier alpha value is -4.65. The largest absolute Gasteiger partial charge is 0.321 e. The predicted octanol–water partition coefficient (Wildman–Crippen LogP) is 6.26. The minimum Gasteiger partial charge on any atom is -0.321 e. The highest BCUT2D eigenvalue weighted by Crippen LogP contribution is 2.52. The van der Waals surface area contributed by atoms with Crippen LogP contribution in [0.5, 0.6) is 0 Å². The number of hydrogen-bond acceptors (Lipinski definition) is 5. The van der Waals surface area contributed by atoms with Crippen molar-refractivity contribution in [2.24, 2.45) is 0 Å². The monoisotopic (exact) mass is 498 g/mol. The number of rotatable bonds is 7. The fourth-order valence-corrected chi connectivity index (χ4v) is 5.10. The standard InChI is InChI=1S/C31H26N6O/c38-31(28-16-22(13-14-32-28)24-11-12-27(33-18-24)21-9-10-21)35-25-8-4-7-23(15-25)30-36-34-19-37(30)29-17-26(29)20-5-2-1-3-6-20/h1-8,11-16,18-19,21,26,29H,9-10,17H2,(H,35,38). The molecule has 0 spiro atoms. The lowest BCUT2D eigenvalue weighted by Gasteiger charge is -2.10. The van der Waals surface area contributed by atoms with Gasteiger partial charge in [-0.3, -0.25) is 14.8 Å². The molecule has 7 rings (SSSR count). The van der Waals surface area contributed by atoms with Crippen LogP contribution >= 0.6 is 0 Å². The molecular formula is C31H26N6O. The third kappa shape index (κ3) is 4.47. The van der Waals surface area contributed by atoms with Gasteiger partial charge in [0.1, 0.15) is 12.0 Å². The molecule has 3 heterocycles. The van der Waals surface area contributed by atoms with Crippen molar-refractivity contribution in [1.82, 2.24) is 24.7 Å². The highest BCUT2D eigenvalue weighted by atomic mass is 16.1. The summed E-state index contributed by atoms with van der Waals surface area (Å²) in [4.78, 5) is 22.0. The van der Waals surface area contributed by atoms with Gasteiger partial charge in [0.2, 0.25) is 0 Å². The van der Waals surface area contributed by atoms with Gasteiger partial charge in [0.05, 0.1) is 0 Å². The number of hydrogen-bond donors (Lipinski definition) is 1. The van der Waals surface area contributed by atoms with Gasteiger partial charge < -0.3 is 9.88 Å². The highest BCUT2D eigenvalue weighted by Gasteiger charge is 2.41. The molecule has 2 saturated carbocycles. The van der Waals surface area contributed by atoms with E-state index in [9.17, 15) is 4.79 Å². The SMILES string of the molecule is O=C(Nc1cccc(-c2nncn2C2CC2c2ccccc2)c1)c1cc(-c2ccc(C3CC3)nc2)ccn1. The summed E-state index contributed by atoms with van der Waals surface area (Å²) in [6.07, 6.45) is 8.85. The molecule has 1 N–H and O–H groups in total. The van der Waals surface area contributed by atoms with Gasteiger partial charge in [0.15, 0.2) is 5.82 Å². The van der Waals surface area contributed by atoms with E-state index in [1.165, 1.54) is 18.4 Å². The van der Waals surface area contributed by atoms with Crippen LogP contribution in [0.2, 0.25) is 0 Å². The predicted molar refractivity (Wildman–Crippen MR) is 146 cm³/mol. The fraction of sp³-hybridized carbons (Fsp3) is 0.194. The minimum atomic E-state index is -0.264. The molecule has 2 aromatic carbocycles. The first-order valence-electron chi connectivity index (χ1n) is 13.0. The third-order valence-corrected chi connectivity index (χ3v) is 7.40. The lowest BCUT2D eigenvalue weighted by atomic mass is 10.1. The van der Waals surface area contributed by atoms with Crippen molar-refractivity contribution in [2.75, 3.05) is 5.32 Å². The second-order valence-corrected chi connectivity index (χ2v) is 10.1. The van der Waals surface area contributed by atoms with E-state index in [0.29, 0.717) is 29.3 Å². The van der Waals surface area contributed by atoms with Crippen molar-refractivity contribution >= 4 is 11.6 Å². The van der Waals surface area contributed by atoms with Crippen LogP contribution in [0.4, 0.5) is 5.69 Å². The molecule has 2 fully saturated rings. The number of carbonyl (C=O) groups is 1. The van der Waals surface area contributed by atoms with E-state index in [1.807, 2.05) is 42.6 Å². The second kappa shape index (κ2) is 9.34. The van der Waals surface area contributed by atoms with Crippen molar-refractivity contribution in [3.05, 3.63) is 115 Å². The Bertz CT molecular complexity index is 1610. The number of benzene rings is 2. The van der Waals surface area contributed by atoms with Crippen LogP contribution < -0.4 is 5.32 Å². The molecule has 7 nitrogen and oxygen atoms in total. The Morgan fingerprint density at radius 2 is 1.76 bits per heavy atom. The first-order valence-corrected chi connectivity index (χ1v) is 13.0. The molecule has 5 aromatic rings. The smallest absolute Gasteiger partial charge is 0.274 e. The minimum absolute atomic E-state index is 0.264. The normalized spacial score (nSPS) is 18.2. The topological polar surface area (TPSA) is 85.6 Å². The molecule has 2 unspecified atom stereocenters. The van der Waals surface area contributed by atoms with Gasteiger partial charge in [-0.15, -0.1) is 10.2 Å². The zero-order valence-corrected chi connectivity index (χ0v) is 20.7. The first-order chi connectivity index (χ1) is 18.7. The van der Waals surface area contributed by atoms with Gasteiger partial charge in [0, 0.05) is 52.8 Å². The van der Waals surface area contributed by atoms with Crippen LogP contribution in [0.3, 0.4) is 0 Å². The van der Waals surface area contributed by atoms with Gasteiger partial charge in [-0.2, -0.15) is 0 Å².